The van der Waals surface area contributed by atoms with Crippen LogP contribution in [0.15, 0.2) is 67.1 Å². The Balaban J connectivity index is 1.63. The fourth-order valence-electron chi connectivity index (χ4n) is 3.27. The van der Waals surface area contributed by atoms with Gasteiger partial charge in [0.15, 0.2) is 0 Å². The van der Waals surface area contributed by atoms with Crippen molar-refractivity contribution in [2.24, 2.45) is 7.05 Å². The Bertz CT molecular complexity index is 1250. The van der Waals surface area contributed by atoms with E-state index < -0.39 is 17.5 Å². The molecule has 31 heavy (non-hydrogen) atoms. The molecule has 0 atom stereocenters. The van der Waals surface area contributed by atoms with Crippen LogP contribution in [0.2, 0.25) is 0 Å². The number of nitrogen functional groups attached to an aromatic ring is 1. The molecule has 2 aromatic heterocycles. The van der Waals surface area contributed by atoms with Gasteiger partial charge in [0.1, 0.15) is 17.5 Å². The molecule has 0 aliphatic rings. The molecule has 4 aromatic rings. The van der Waals surface area contributed by atoms with Crippen molar-refractivity contribution in [2.75, 3.05) is 5.73 Å². The molecule has 0 unspecified atom stereocenters. The number of nitrogens with two attached hydrogens (primary N) is 1. The topological polar surface area (TPSA) is 85.8 Å². The van der Waals surface area contributed by atoms with Gasteiger partial charge in [0, 0.05) is 37.1 Å². The van der Waals surface area contributed by atoms with E-state index >= 15 is 4.39 Å². The molecule has 4 rings (SSSR count). The lowest BCUT2D eigenvalue weighted by Crippen LogP contribution is -2.23. The molecule has 0 fully saturated rings. The second-order valence-electron chi connectivity index (χ2n) is 7.01. The molecule has 2 aromatic carbocycles. The van der Waals surface area contributed by atoms with Crippen molar-refractivity contribution in [3.8, 4) is 22.3 Å². The summed E-state index contributed by atoms with van der Waals surface area (Å²) in [5, 5.41) is 6.70. The lowest BCUT2D eigenvalue weighted by molar-refractivity contribution is 0.0947. The van der Waals surface area contributed by atoms with Gasteiger partial charge >= 0.3 is 0 Å². The van der Waals surface area contributed by atoms with Crippen LogP contribution in [0.1, 0.15) is 15.9 Å². The number of benzene rings is 2. The second kappa shape index (κ2) is 8.35. The number of nitrogens with zero attached hydrogens (tertiary/aromatic N) is 3. The van der Waals surface area contributed by atoms with Crippen LogP contribution >= 0.6 is 0 Å². The molecule has 0 aliphatic carbocycles. The number of halogens is 2. The average molecular weight is 419 g/mol. The molecule has 0 radical (unpaired) electrons. The van der Waals surface area contributed by atoms with Crippen LogP contribution in [0.4, 0.5) is 14.6 Å². The number of aryl methyl sites for hydroxylation is 1. The first-order chi connectivity index (χ1) is 14.9. The van der Waals surface area contributed by atoms with Crippen LogP contribution in [0.5, 0.6) is 0 Å². The fraction of sp³-hybridized carbons (Fsp3) is 0.0870. The zero-order chi connectivity index (χ0) is 22.0. The van der Waals surface area contributed by atoms with Gasteiger partial charge in [-0.2, -0.15) is 5.10 Å². The summed E-state index contributed by atoms with van der Waals surface area (Å²) in [6.07, 6.45) is 4.45. The zero-order valence-electron chi connectivity index (χ0n) is 16.6. The molecule has 0 spiro atoms. The summed E-state index contributed by atoms with van der Waals surface area (Å²) in [7, 11) is 1.71. The molecular formula is C23H19F2N5O. The summed E-state index contributed by atoms with van der Waals surface area (Å²) in [5.74, 6) is -2.07. The summed E-state index contributed by atoms with van der Waals surface area (Å²) in [6, 6.07) is 13.1. The normalized spacial score (nSPS) is 10.8. The first kappa shape index (κ1) is 20.2. The predicted octanol–water partition coefficient (Wildman–Crippen LogP) is 3.94. The molecule has 0 aliphatic heterocycles. The van der Waals surface area contributed by atoms with E-state index in [1.165, 1.54) is 29.2 Å². The maximum absolute atomic E-state index is 15.3. The van der Waals surface area contributed by atoms with Gasteiger partial charge in [-0.1, -0.05) is 36.4 Å². The number of rotatable bonds is 5. The maximum atomic E-state index is 15.3. The summed E-state index contributed by atoms with van der Waals surface area (Å²) in [4.78, 5) is 16.4. The molecule has 1 amide bonds. The fourth-order valence-corrected chi connectivity index (χ4v) is 3.27. The second-order valence-corrected chi connectivity index (χ2v) is 7.01. The van der Waals surface area contributed by atoms with Crippen LogP contribution < -0.4 is 11.1 Å². The van der Waals surface area contributed by atoms with Gasteiger partial charge in [0.25, 0.3) is 5.91 Å². The molecule has 6 nitrogen and oxygen atoms in total. The van der Waals surface area contributed by atoms with E-state index in [4.69, 9.17) is 5.73 Å². The van der Waals surface area contributed by atoms with Crippen molar-refractivity contribution in [2.45, 2.75) is 6.54 Å². The third kappa shape index (κ3) is 4.13. The molecular weight excluding hydrogens is 400 g/mol. The summed E-state index contributed by atoms with van der Waals surface area (Å²) in [5.41, 5.74) is 7.51. The van der Waals surface area contributed by atoms with Crippen LogP contribution in [0, 0.1) is 11.6 Å². The number of aromatic nitrogens is 3. The molecule has 2 heterocycles. The van der Waals surface area contributed by atoms with E-state index in [1.54, 1.807) is 13.2 Å². The van der Waals surface area contributed by atoms with Gasteiger partial charge in [-0.3, -0.25) is 9.48 Å². The van der Waals surface area contributed by atoms with E-state index in [0.717, 1.165) is 11.6 Å². The van der Waals surface area contributed by atoms with Gasteiger partial charge in [-0.15, -0.1) is 0 Å². The van der Waals surface area contributed by atoms with Crippen LogP contribution in [0.3, 0.4) is 0 Å². The van der Waals surface area contributed by atoms with E-state index in [9.17, 15) is 9.18 Å². The van der Waals surface area contributed by atoms with E-state index in [1.807, 2.05) is 30.3 Å². The quantitative estimate of drug-likeness (QED) is 0.513. The van der Waals surface area contributed by atoms with Gasteiger partial charge in [0.2, 0.25) is 0 Å². The van der Waals surface area contributed by atoms with E-state index in [-0.39, 0.29) is 34.6 Å². The summed E-state index contributed by atoms with van der Waals surface area (Å²) in [6.45, 7) is 0.263. The number of pyridine rings is 1. The Labute approximate surface area is 177 Å². The van der Waals surface area contributed by atoms with Gasteiger partial charge in [-0.05, 0) is 23.3 Å². The Morgan fingerprint density at radius 1 is 1.10 bits per heavy atom. The highest BCUT2D eigenvalue weighted by atomic mass is 19.1. The predicted molar refractivity (Wildman–Crippen MR) is 114 cm³/mol. The molecule has 156 valence electrons. The molecule has 8 heteroatoms. The van der Waals surface area contributed by atoms with Crippen molar-refractivity contribution in [1.82, 2.24) is 20.1 Å². The Hall–Kier alpha value is -4.07. The number of hydrogen-bond donors (Lipinski definition) is 2. The summed E-state index contributed by atoms with van der Waals surface area (Å²) < 4.78 is 31.5. The van der Waals surface area contributed by atoms with Crippen molar-refractivity contribution < 1.29 is 13.6 Å². The van der Waals surface area contributed by atoms with Gasteiger partial charge < -0.3 is 11.1 Å². The van der Waals surface area contributed by atoms with Gasteiger partial charge in [-0.25, -0.2) is 13.8 Å². The zero-order valence-corrected chi connectivity index (χ0v) is 16.6. The minimum atomic E-state index is -0.784. The maximum Gasteiger partial charge on any atom is 0.254 e. The number of anilines is 1. The summed E-state index contributed by atoms with van der Waals surface area (Å²) >= 11 is 0. The monoisotopic (exact) mass is 419 g/mol. The lowest BCUT2D eigenvalue weighted by atomic mass is 10.00. The van der Waals surface area contributed by atoms with Crippen LogP contribution in [0.25, 0.3) is 22.3 Å². The Morgan fingerprint density at radius 2 is 1.87 bits per heavy atom. The highest BCUT2D eigenvalue weighted by molar-refractivity contribution is 5.95. The lowest BCUT2D eigenvalue weighted by Gasteiger charge is -2.12. The number of carbonyl (C=O) groups excluding carboxylic acids is 1. The number of amides is 1. The first-order valence-electron chi connectivity index (χ1n) is 9.49. The Kier molecular flexibility index (Phi) is 5.44. The van der Waals surface area contributed by atoms with Crippen molar-refractivity contribution in [1.29, 1.82) is 0 Å². The number of carbonyl (C=O) groups is 1. The molecule has 0 saturated carbocycles. The van der Waals surface area contributed by atoms with Crippen molar-refractivity contribution in [3.63, 3.8) is 0 Å². The van der Waals surface area contributed by atoms with Crippen molar-refractivity contribution >= 4 is 11.7 Å². The van der Waals surface area contributed by atoms with E-state index in [2.05, 4.69) is 15.4 Å². The third-order valence-corrected chi connectivity index (χ3v) is 4.86. The standard InChI is InChI=1S/C23H19F2N5O/c1-30-13-16(11-29-30)18-12-27-22(26)20(21(18)25)15-7-8-17(19(24)9-15)23(31)28-10-14-5-3-2-4-6-14/h2-9,11-13H,10H2,1H3,(H2,26,27)(H,28,31). The molecule has 0 saturated heterocycles. The SMILES string of the molecule is Cn1cc(-c2cnc(N)c(-c3ccc(C(=O)NCc4ccccc4)c(F)c3)c2F)cn1. The number of nitrogens with one attached hydrogen (secondary N) is 1. The highest BCUT2D eigenvalue weighted by Gasteiger charge is 2.20. The first-order valence-corrected chi connectivity index (χ1v) is 9.49. The van der Waals surface area contributed by atoms with Crippen LogP contribution in [-0.2, 0) is 13.6 Å². The minimum Gasteiger partial charge on any atom is -0.383 e. The average Bonchev–Trinajstić information content (AvgIpc) is 3.19. The van der Waals surface area contributed by atoms with Crippen LogP contribution in [-0.4, -0.2) is 20.7 Å². The highest BCUT2D eigenvalue weighted by Crippen LogP contribution is 2.34. The number of hydrogen-bond acceptors (Lipinski definition) is 4. The third-order valence-electron chi connectivity index (χ3n) is 4.86. The smallest absolute Gasteiger partial charge is 0.254 e. The largest absolute Gasteiger partial charge is 0.383 e. The minimum absolute atomic E-state index is 0.0310. The Morgan fingerprint density at radius 3 is 2.55 bits per heavy atom. The van der Waals surface area contributed by atoms with Gasteiger partial charge in [0.05, 0.1) is 17.3 Å². The molecule has 3 N–H and O–H groups in total. The molecule has 0 bridgehead atoms. The van der Waals surface area contributed by atoms with Crippen molar-refractivity contribution in [3.05, 3.63) is 89.9 Å². The van der Waals surface area contributed by atoms with E-state index in [0.29, 0.717) is 5.56 Å².